The zero-order valence-electron chi connectivity index (χ0n) is 17.5. The third-order valence-electron chi connectivity index (χ3n) is 5.64. The molecular weight excluding hydrogens is 400 g/mol. The molecule has 1 aliphatic rings. The molecule has 0 spiro atoms. The predicted octanol–water partition coefficient (Wildman–Crippen LogP) is 2.31. The van der Waals surface area contributed by atoms with E-state index in [1.807, 2.05) is 11.8 Å². The second-order valence-electron chi connectivity index (χ2n) is 7.94. The summed E-state index contributed by atoms with van der Waals surface area (Å²) in [7, 11) is -3.26. The van der Waals surface area contributed by atoms with Crippen LogP contribution in [0.15, 0.2) is 47.5 Å². The van der Waals surface area contributed by atoms with E-state index in [1.165, 1.54) is 23.4 Å². The van der Waals surface area contributed by atoms with Crippen molar-refractivity contribution in [3.8, 4) is 0 Å². The Balaban J connectivity index is 1.41. The van der Waals surface area contributed by atoms with Crippen molar-refractivity contribution in [2.45, 2.75) is 25.3 Å². The van der Waals surface area contributed by atoms with Gasteiger partial charge in [-0.3, -0.25) is 9.69 Å². The fourth-order valence-corrected chi connectivity index (χ4v) is 4.48. The van der Waals surface area contributed by atoms with Crippen molar-refractivity contribution in [3.05, 3.63) is 65.1 Å². The van der Waals surface area contributed by atoms with Crippen LogP contribution in [-0.4, -0.2) is 65.9 Å². The monoisotopic (exact) mass is 426 g/mol. The van der Waals surface area contributed by atoms with Gasteiger partial charge in [-0.15, -0.1) is 0 Å². The molecule has 0 saturated carbocycles. The molecule has 3 heterocycles. The second-order valence-corrected chi connectivity index (χ2v) is 9.96. The Kier molecular flexibility index (Phi) is 5.38. The summed E-state index contributed by atoms with van der Waals surface area (Å²) in [5.41, 5.74) is 4.89. The van der Waals surface area contributed by atoms with Crippen molar-refractivity contribution in [1.82, 2.24) is 19.2 Å². The van der Waals surface area contributed by atoms with Gasteiger partial charge in [0.15, 0.2) is 9.84 Å². The smallest absolute Gasteiger partial charge is 0.253 e. The first-order chi connectivity index (χ1) is 14.2. The Hall–Kier alpha value is -2.71. The van der Waals surface area contributed by atoms with Gasteiger partial charge in [-0.05, 0) is 55.8 Å². The molecule has 1 fully saturated rings. The Morgan fingerprint density at radius 1 is 1.03 bits per heavy atom. The maximum absolute atomic E-state index is 12.8. The predicted molar refractivity (Wildman–Crippen MR) is 115 cm³/mol. The van der Waals surface area contributed by atoms with Gasteiger partial charge in [0.1, 0.15) is 5.65 Å². The number of rotatable bonds is 4. The molecule has 0 aliphatic carbocycles. The van der Waals surface area contributed by atoms with E-state index in [4.69, 9.17) is 0 Å². The Morgan fingerprint density at radius 2 is 1.70 bits per heavy atom. The maximum atomic E-state index is 12.8. The number of fused-ring (bicyclic) bond motifs is 1. The first kappa shape index (κ1) is 20.6. The van der Waals surface area contributed by atoms with E-state index in [1.54, 1.807) is 12.1 Å². The number of sulfone groups is 1. The number of hydrogen-bond acceptors (Lipinski definition) is 5. The molecule has 0 atom stereocenters. The molecule has 0 unspecified atom stereocenters. The van der Waals surface area contributed by atoms with Crippen molar-refractivity contribution < 1.29 is 13.2 Å². The topological polar surface area (TPSA) is 75.0 Å². The van der Waals surface area contributed by atoms with Gasteiger partial charge in [0.2, 0.25) is 0 Å². The number of amides is 1. The SMILES string of the molecule is Cc1ccn2c(CN3CCN(C(=O)c4ccc(S(C)(=O)=O)cc4)CC3)c(C)nc2c1. The van der Waals surface area contributed by atoms with E-state index in [-0.39, 0.29) is 10.8 Å². The lowest BCUT2D eigenvalue weighted by molar-refractivity contribution is 0.0626. The van der Waals surface area contributed by atoms with Crippen LogP contribution in [0.4, 0.5) is 0 Å². The third kappa shape index (κ3) is 4.11. The average Bonchev–Trinajstić information content (AvgIpc) is 3.01. The Morgan fingerprint density at radius 3 is 2.33 bits per heavy atom. The number of benzene rings is 1. The Bertz CT molecular complexity index is 1190. The minimum absolute atomic E-state index is 0.0591. The molecule has 30 heavy (non-hydrogen) atoms. The van der Waals surface area contributed by atoms with Crippen LogP contribution in [0, 0.1) is 13.8 Å². The normalized spacial score (nSPS) is 15.6. The second kappa shape index (κ2) is 7.85. The molecule has 0 N–H and O–H groups in total. The molecule has 2 aromatic heterocycles. The molecule has 8 heteroatoms. The van der Waals surface area contributed by atoms with Crippen molar-refractivity contribution in [2.24, 2.45) is 0 Å². The highest BCUT2D eigenvalue weighted by atomic mass is 32.2. The van der Waals surface area contributed by atoms with Gasteiger partial charge >= 0.3 is 0 Å². The highest BCUT2D eigenvalue weighted by Gasteiger charge is 2.23. The van der Waals surface area contributed by atoms with Gasteiger partial charge < -0.3 is 9.30 Å². The first-order valence-electron chi connectivity index (χ1n) is 9.98. The van der Waals surface area contributed by atoms with Crippen molar-refractivity contribution in [2.75, 3.05) is 32.4 Å². The fourth-order valence-electron chi connectivity index (χ4n) is 3.85. The van der Waals surface area contributed by atoms with Crippen LogP contribution in [0.25, 0.3) is 5.65 Å². The summed E-state index contributed by atoms with van der Waals surface area (Å²) in [4.78, 5) is 21.9. The number of imidazole rings is 1. The average molecular weight is 427 g/mol. The number of hydrogen-bond donors (Lipinski definition) is 0. The maximum Gasteiger partial charge on any atom is 0.253 e. The number of aromatic nitrogens is 2. The molecule has 4 rings (SSSR count). The van der Waals surface area contributed by atoms with E-state index in [9.17, 15) is 13.2 Å². The quantitative estimate of drug-likeness (QED) is 0.640. The van der Waals surface area contributed by atoms with Crippen LogP contribution in [0.5, 0.6) is 0 Å². The van der Waals surface area contributed by atoms with Crippen LogP contribution in [-0.2, 0) is 16.4 Å². The summed E-state index contributed by atoms with van der Waals surface area (Å²) in [6.07, 6.45) is 3.23. The number of piperazine rings is 1. The number of pyridine rings is 1. The largest absolute Gasteiger partial charge is 0.336 e. The van der Waals surface area contributed by atoms with Gasteiger partial charge in [-0.25, -0.2) is 13.4 Å². The highest BCUT2D eigenvalue weighted by molar-refractivity contribution is 7.90. The van der Waals surface area contributed by atoms with E-state index in [0.717, 1.165) is 37.2 Å². The van der Waals surface area contributed by atoms with E-state index < -0.39 is 9.84 Å². The van der Waals surface area contributed by atoms with E-state index in [2.05, 4.69) is 39.5 Å². The summed E-state index contributed by atoms with van der Waals surface area (Å²) in [6, 6.07) is 10.3. The number of carbonyl (C=O) groups excluding carboxylic acids is 1. The van der Waals surface area contributed by atoms with E-state index in [0.29, 0.717) is 18.7 Å². The van der Waals surface area contributed by atoms with Gasteiger partial charge in [0.05, 0.1) is 16.3 Å². The lowest BCUT2D eigenvalue weighted by Crippen LogP contribution is -2.48. The van der Waals surface area contributed by atoms with Crippen molar-refractivity contribution in [3.63, 3.8) is 0 Å². The molecule has 1 amide bonds. The Labute approximate surface area is 176 Å². The van der Waals surface area contributed by atoms with Crippen LogP contribution in [0.1, 0.15) is 27.3 Å². The van der Waals surface area contributed by atoms with Crippen LogP contribution in [0.3, 0.4) is 0 Å². The fraction of sp³-hybridized carbons (Fsp3) is 0.364. The summed E-state index contributed by atoms with van der Waals surface area (Å²) in [5, 5.41) is 0. The summed E-state index contributed by atoms with van der Waals surface area (Å²) in [5.74, 6) is -0.0591. The molecule has 3 aromatic rings. The number of nitrogens with zero attached hydrogens (tertiary/aromatic N) is 4. The van der Waals surface area contributed by atoms with Gasteiger partial charge in [0, 0.05) is 50.7 Å². The van der Waals surface area contributed by atoms with Crippen molar-refractivity contribution in [1.29, 1.82) is 0 Å². The van der Waals surface area contributed by atoms with Crippen molar-refractivity contribution >= 4 is 21.4 Å². The van der Waals surface area contributed by atoms with E-state index >= 15 is 0 Å². The molecule has 0 bridgehead atoms. The molecule has 1 aromatic carbocycles. The van der Waals surface area contributed by atoms with Gasteiger partial charge in [-0.2, -0.15) is 0 Å². The van der Waals surface area contributed by atoms with Crippen LogP contribution in [0.2, 0.25) is 0 Å². The minimum Gasteiger partial charge on any atom is -0.336 e. The third-order valence-corrected chi connectivity index (χ3v) is 6.77. The molecule has 1 aliphatic heterocycles. The number of carbonyl (C=O) groups is 1. The molecular formula is C22H26N4O3S. The van der Waals surface area contributed by atoms with Gasteiger partial charge in [0.25, 0.3) is 5.91 Å². The lowest BCUT2D eigenvalue weighted by atomic mass is 10.2. The zero-order chi connectivity index (χ0) is 21.5. The lowest BCUT2D eigenvalue weighted by Gasteiger charge is -2.34. The number of aryl methyl sites for hydroxylation is 2. The molecule has 158 valence electrons. The van der Waals surface area contributed by atoms with Crippen LogP contribution < -0.4 is 0 Å². The minimum atomic E-state index is -3.26. The molecule has 0 radical (unpaired) electrons. The van der Waals surface area contributed by atoms with Gasteiger partial charge in [-0.1, -0.05) is 0 Å². The first-order valence-corrected chi connectivity index (χ1v) is 11.9. The summed E-state index contributed by atoms with van der Waals surface area (Å²) >= 11 is 0. The summed E-state index contributed by atoms with van der Waals surface area (Å²) < 4.78 is 25.3. The molecule has 1 saturated heterocycles. The summed E-state index contributed by atoms with van der Waals surface area (Å²) in [6.45, 7) is 7.74. The zero-order valence-corrected chi connectivity index (χ0v) is 18.3. The standard InChI is InChI=1S/C22H26N4O3S/c1-16-8-9-26-20(17(2)23-21(26)14-16)15-24-10-12-25(13-11-24)22(27)18-4-6-19(7-5-18)30(3,28)29/h4-9,14H,10-13,15H2,1-3H3. The molecule has 7 nitrogen and oxygen atoms in total. The highest BCUT2D eigenvalue weighted by Crippen LogP contribution is 2.18. The van der Waals surface area contributed by atoms with Crippen LogP contribution >= 0.6 is 0 Å².